The average molecular weight is 254 g/mol. The normalized spacial score (nSPS) is 27.2. The number of hydrogen-bond acceptors (Lipinski definition) is 3. The Kier molecular flexibility index (Phi) is 5.45. The lowest BCUT2D eigenvalue weighted by atomic mass is 10.1. The highest BCUT2D eigenvalue weighted by atomic mass is 16.4. The van der Waals surface area contributed by atoms with Gasteiger partial charge in [0.05, 0.1) is 6.42 Å². The first-order valence-corrected chi connectivity index (χ1v) is 7.45. The molecule has 1 heterocycles. The molecule has 1 unspecified atom stereocenters. The van der Waals surface area contributed by atoms with Crippen molar-refractivity contribution < 1.29 is 9.90 Å². The Labute approximate surface area is 110 Å². The Morgan fingerprint density at radius 1 is 1.17 bits per heavy atom. The molecule has 1 aliphatic heterocycles. The molecular weight excluding hydrogens is 228 g/mol. The molecule has 1 aliphatic carbocycles. The lowest BCUT2D eigenvalue weighted by Gasteiger charge is -2.26. The SMILES string of the molecule is O=C(O)CCNC1CCN(C2CCCCCC2)C1. The van der Waals surface area contributed by atoms with Gasteiger partial charge in [-0.1, -0.05) is 25.7 Å². The van der Waals surface area contributed by atoms with E-state index in [0.717, 1.165) is 12.6 Å². The fourth-order valence-corrected chi connectivity index (χ4v) is 3.29. The molecule has 0 aromatic rings. The molecule has 1 saturated carbocycles. The maximum atomic E-state index is 10.5. The topological polar surface area (TPSA) is 52.6 Å². The molecule has 0 spiro atoms. The summed E-state index contributed by atoms with van der Waals surface area (Å²) in [6.45, 7) is 2.91. The van der Waals surface area contributed by atoms with Crippen LogP contribution in [-0.2, 0) is 4.79 Å². The summed E-state index contributed by atoms with van der Waals surface area (Å²) in [5, 5.41) is 12.0. The van der Waals surface area contributed by atoms with Crippen molar-refractivity contribution in [3.05, 3.63) is 0 Å². The summed E-state index contributed by atoms with van der Waals surface area (Å²) in [6, 6.07) is 1.30. The highest BCUT2D eigenvalue weighted by molar-refractivity contribution is 5.66. The van der Waals surface area contributed by atoms with E-state index in [9.17, 15) is 4.79 Å². The summed E-state index contributed by atoms with van der Waals surface area (Å²) in [5.41, 5.74) is 0. The second kappa shape index (κ2) is 7.10. The van der Waals surface area contributed by atoms with Crippen LogP contribution in [0.5, 0.6) is 0 Å². The molecule has 18 heavy (non-hydrogen) atoms. The summed E-state index contributed by atoms with van der Waals surface area (Å²) >= 11 is 0. The molecule has 2 aliphatic rings. The monoisotopic (exact) mass is 254 g/mol. The zero-order chi connectivity index (χ0) is 12.8. The van der Waals surface area contributed by atoms with Crippen LogP contribution in [0.2, 0.25) is 0 Å². The van der Waals surface area contributed by atoms with Gasteiger partial charge in [0.2, 0.25) is 0 Å². The molecule has 0 amide bonds. The van der Waals surface area contributed by atoms with Crippen molar-refractivity contribution in [1.82, 2.24) is 10.2 Å². The summed E-state index contributed by atoms with van der Waals surface area (Å²) in [7, 11) is 0. The minimum absolute atomic E-state index is 0.236. The third kappa shape index (κ3) is 4.25. The first kappa shape index (κ1) is 13.8. The van der Waals surface area contributed by atoms with E-state index in [1.165, 1.54) is 51.5 Å². The second-order valence-electron chi connectivity index (χ2n) is 5.72. The highest BCUT2D eigenvalue weighted by Gasteiger charge is 2.28. The average Bonchev–Trinajstić information content (AvgIpc) is 2.63. The van der Waals surface area contributed by atoms with Crippen molar-refractivity contribution >= 4 is 5.97 Å². The molecule has 0 aromatic heterocycles. The minimum atomic E-state index is -0.707. The van der Waals surface area contributed by atoms with E-state index < -0.39 is 5.97 Å². The van der Waals surface area contributed by atoms with Crippen LogP contribution in [0, 0.1) is 0 Å². The number of nitrogens with one attached hydrogen (secondary N) is 1. The lowest BCUT2D eigenvalue weighted by molar-refractivity contribution is -0.136. The van der Waals surface area contributed by atoms with E-state index in [-0.39, 0.29) is 6.42 Å². The van der Waals surface area contributed by atoms with Crippen molar-refractivity contribution in [3.63, 3.8) is 0 Å². The molecule has 0 radical (unpaired) electrons. The summed E-state index contributed by atoms with van der Waals surface area (Å²) in [5.74, 6) is -0.707. The number of carboxylic acid groups (broad SMARTS) is 1. The molecule has 2 fully saturated rings. The molecule has 0 bridgehead atoms. The molecule has 0 aromatic carbocycles. The first-order valence-electron chi connectivity index (χ1n) is 7.45. The highest BCUT2D eigenvalue weighted by Crippen LogP contribution is 2.24. The lowest BCUT2D eigenvalue weighted by Crippen LogP contribution is -2.38. The molecule has 4 heteroatoms. The van der Waals surface area contributed by atoms with Gasteiger partial charge in [-0.15, -0.1) is 0 Å². The molecule has 2 N–H and O–H groups in total. The number of likely N-dealkylation sites (tertiary alicyclic amines) is 1. The first-order chi connectivity index (χ1) is 8.75. The van der Waals surface area contributed by atoms with Crippen molar-refractivity contribution in [3.8, 4) is 0 Å². The molecule has 1 saturated heterocycles. The van der Waals surface area contributed by atoms with Crippen molar-refractivity contribution in [2.75, 3.05) is 19.6 Å². The van der Waals surface area contributed by atoms with E-state index in [1.54, 1.807) is 0 Å². The van der Waals surface area contributed by atoms with Crippen LogP contribution in [0.25, 0.3) is 0 Å². The summed E-state index contributed by atoms with van der Waals surface area (Å²) in [6.07, 6.45) is 9.73. The van der Waals surface area contributed by atoms with Gasteiger partial charge in [-0.05, 0) is 19.3 Å². The Hall–Kier alpha value is -0.610. The number of carboxylic acids is 1. The van der Waals surface area contributed by atoms with E-state index in [2.05, 4.69) is 10.2 Å². The number of rotatable bonds is 5. The van der Waals surface area contributed by atoms with Gasteiger partial charge in [-0.2, -0.15) is 0 Å². The van der Waals surface area contributed by atoms with Gasteiger partial charge in [-0.3, -0.25) is 9.69 Å². The van der Waals surface area contributed by atoms with Gasteiger partial charge in [-0.25, -0.2) is 0 Å². The fourth-order valence-electron chi connectivity index (χ4n) is 3.29. The number of carbonyl (C=O) groups is 1. The minimum Gasteiger partial charge on any atom is -0.481 e. The summed E-state index contributed by atoms with van der Waals surface area (Å²) in [4.78, 5) is 13.1. The van der Waals surface area contributed by atoms with E-state index >= 15 is 0 Å². The zero-order valence-electron chi connectivity index (χ0n) is 11.2. The third-order valence-electron chi connectivity index (χ3n) is 4.33. The predicted molar refractivity (Wildman–Crippen MR) is 71.7 cm³/mol. The van der Waals surface area contributed by atoms with Gasteiger partial charge >= 0.3 is 5.97 Å². The van der Waals surface area contributed by atoms with Crippen LogP contribution >= 0.6 is 0 Å². The van der Waals surface area contributed by atoms with Crippen LogP contribution in [0.15, 0.2) is 0 Å². The van der Waals surface area contributed by atoms with E-state index in [1.807, 2.05) is 0 Å². The maximum absolute atomic E-state index is 10.5. The second-order valence-corrected chi connectivity index (χ2v) is 5.72. The zero-order valence-corrected chi connectivity index (χ0v) is 11.2. The molecule has 104 valence electrons. The Morgan fingerprint density at radius 3 is 2.56 bits per heavy atom. The van der Waals surface area contributed by atoms with Gasteiger partial charge in [0.25, 0.3) is 0 Å². The van der Waals surface area contributed by atoms with Crippen molar-refractivity contribution in [1.29, 1.82) is 0 Å². The third-order valence-corrected chi connectivity index (χ3v) is 4.33. The summed E-state index contributed by atoms with van der Waals surface area (Å²) < 4.78 is 0. The Bertz CT molecular complexity index is 263. The Balaban J connectivity index is 1.68. The number of hydrogen-bond donors (Lipinski definition) is 2. The van der Waals surface area contributed by atoms with Crippen LogP contribution in [0.1, 0.15) is 51.4 Å². The number of nitrogens with zero attached hydrogens (tertiary/aromatic N) is 1. The molecule has 1 atom stereocenters. The van der Waals surface area contributed by atoms with Crippen LogP contribution < -0.4 is 5.32 Å². The fraction of sp³-hybridized carbons (Fsp3) is 0.929. The Morgan fingerprint density at radius 2 is 1.89 bits per heavy atom. The van der Waals surface area contributed by atoms with Crippen LogP contribution in [0.3, 0.4) is 0 Å². The number of aliphatic carboxylic acids is 1. The predicted octanol–water partition coefficient (Wildman–Crippen LogP) is 1.85. The standard InChI is InChI=1S/C14H26N2O2/c17-14(18)7-9-15-12-8-10-16(11-12)13-5-3-1-2-4-6-13/h12-13,15H,1-11H2,(H,17,18). The van der Waals surface area contributed by atoms with Gasteiger partial charge < -0.3 is 10.4 Å². The molecule has 2 rings (SSSR count). The smallest absolute Gasteiger partial charge is 0.304 e. The van der Waals surface area contributed by atoms with Crippen LogP contribution in [0.4, 0.5) is 0 Å². The van der Waals surface area contributed by atoms with Crippen molar-refractivity contribution in [2.24, 2.45) is 0 Å². The van der Waals surface area contributed by atoms with Gasteiger partial charge in [0.1, 0.15) is 0 Å². The van der Waals surface area contributed by atoms with Gasteiger partial charge in [0, 0.05) is 31.7 Å². The maximum Gasteiger partial charge on any atom is 0.304 e. The molecular formula is C14H26N2O2. The largest absolute Gasteiger partial charge is 0.481 e. The molecule has 4 nitrogen and oxygen atoms in total. The quantitative estimate of drug-likeness (QED) is 0.735. The van der Waals surface area contributed by atoms with Crippen LogP contribution in [-0.4, -0.2) is 47.7 Å². The van der Waals surface area contributed by atoms with E-state index in [0.29, 0.717) is 12.6 Å². The van der Waals surface area contributed by atoms with Crippen molar-refractivity contribution in [2.45, 2.75) is 63.5 Å². The van der Waals surface area contributed by atoms with E-state index in [4.69, 9.17) is 5.11 Å². The van der Waals surface area contributed by atoms with Gasteiger partial charge in [0.15, 0.2) is 0 Å².